The molecule has 3 heterocycles. The highest BCUT2D eigenvalue weighted by atomic mass is 19.4. The number of rotatable bonds is 9. The van der Waals surface area contributed by atoms with Gasteiger partial charge in [-0.15, -0.1) is 0 Å². The van der Waals surface area contributed by atoms with Crippen LogP contribution in [-0.4, -0.2) is 47.9 Å². The number of nitrogens with zero attached hydrogens (tertiary/aromatic N) is 3. The molecule has 36 heavy (non-hydrogen) atoms. The van der Waals surface area contributed by atoms with Crippen molar-refractivity contribution >= 4 is 11.6 Å². The average Bonchev–Trinajstić information content (AvgIpc) is 3.26. The lowest BCUT2D eigenvalue weighted by molar-refractivity contribution is -0.170. The molecule has 1 amide bonds. The molecule has 1 N–H and O–H groups in total. The van der Waals surface area contributed by atoms with Gasteiger partial charge in [-0.1, -0.05) is 6.07 Å². The van der Waals surface area contributed by atoms with Crippen molar-refractivity contribution in [1.29, 1.82) is 0 Å². The molecule has 10 heteroatoms. The van der Waals surface area contributed by atoms with Crippen LogP contribution in [0.5, 0.6) is 0 Å². The first-order valence-corrected chi connectivity index (χ1v) is 12.0. The molecule has 1 aromatic carbocycles. The van der Waals surface area contributed by atoms with E-state index >= 15 is 0 Å². The van der Waals surface area contributed by atoms with Crippen LogP contribution in [0.4, 0.5) is 18.9 Å². The predicted octanol–water partition coefficient (Wildman–Crippen LogP) is 4.84. The highest BCUT2D eigenvalue weighted by Crippen LogP contribution is 2.29. The van der Waals surface area contributed by atoms with Gasteiger partial charge in [0.2, 0.25) is 5.89 Å². The Kier molecular flexibility index (Phi) is 8.37. The molecular weight excluding hydrogens is 473 g/mol. The number of ether oxygens (including phenoxy) is 1. The van der Waals surface area contributed by atoms with Crippen LogP contribution >= 0.6 is 0 Å². The van der Waals surface area contributed by atoms with Crippen LogP contribution in [0.3, 0.4) is 0 Å². The van der Waals surface area contributed by atoms with Gasteiger partial charge in [-0.2, -0.15) is 13.2 Å². The predicted molar refractivity (Wildman–Crippen MR) is 128 cm³/mol. The number of alkyl halides is 3. The molecule has 0 bridgehead atoms. The molecule has 1 aliphatic rings. The zero-order valence-corrected chi connectivity index (χ0v) is 20.1. The van der Waals surface area contributed by atoms with Gasteiger partial charge >= 0.3 is 12.1 Å². The number of amides is 1. The van der Waals surface area contributed by atoms with Crippen LogP contribution in [-0.2, 0) is 22.5 Å². The lowest BCUT2D eigenvalue weighted by atomic mass is 10.1. The SMILES string of the molecule is Cc1oc(-c2ccc(N(Cc3cccnc3)C(=O)C(F)(F)F)cc2)nc1CCCOC1CCNCC1. The van der Waals surface area contributed by atoms with Gasteiger partial charge in [0.1, 0.15) is 5.76 Å². The number of aryl methyl sites for hydroxylation is 2. The van der Waals surface area contributed by atoms with Gasteiger partial charge in [0.15, 0.2) is 0 Å². The van der Waals surface area contributed by atoms with Gasteiger partial charge < -0.3 is 19.4 Å². The number of carbonyl (C=O) groups is 1. The first-order chi connectivity index (χ1) is 17.3. The Morgan fingerprint density at radius 2 is 1.94 bits per heavy atom. The second kappa shape index (κ2) is 11.7. The lowest BCUT2D eigenvalue weighted by Gasteiger charge is -2.24. The maximum absolute atomic E-state index is 13.3. The zero-order chi connectivity index (χ0) is 25.5. The average molecular weight is 503 g/mol. The number of benzene rings is 1. The van der Waals surface area contributed by atoms with Crippen molar-refractivity contribution in [3.05, 3.63) is 65.8 Å². The number of anilines is 1. The summed E-state index contributed by atoms with van der Waals surface area (Å²) in [6.45, 7) is 4.21. The van der Waals surface area contributed by atoms with E-state index in [0.717, 1.165) is 38.0 Å². The quantitative estimate of drug-likeness (QED) is 0.422. The van der Waals surface area contributed by atoms with Gasteiger partial charge in [0.25, 0.3) is 0 Å². The van der Waals surface area contributed by atoms with Gasteiger partial charge in [-0.25, -0.2) is 4.98 Å². The highest BCUT2D eigenvalue weighted by molar-refractivity contribution is 5.97. The summed E-state index contributed by atoms with van der Waals surface area (Å²) in [5.74, 6) is -0.865. The third-order valence-electron chi connectivity index (χ3n) is 6.07. The summed E-state index contributed by atoms with van der Waals surface area (Å²) in [5.41, 5.74) is 2.04. The van der Waals surface area contributed by atoms with Crippen LogP contribution in [0.25, 0.3) is 11.5 Å². The molecule has 0 radical (unpaired) electrons. The summed E-state index contributed by atoms with van der Waals surface area (Å²) in [7, 11) is 0. The molecule has 1 saturated heterocycles. The van der Waals surface area contributed by atoms with Crippen molar-refractivity contribution in [3.63, 3.8) is 0 Å². The Morgan fingerprint density at radius 1 is 1.19 bits per heavy atom. The molecule has 0 saturated carbocycles. The Morgan fingerprint density at radius 3 is 2.61 bits per heavy atom. The normalized spacial score (nSPS) is 14.7. The topological polar surface area (TPSA) is 80.5 Å². The third kappa shape index (κ3) is 6.70. The molecule has 4 rings (SSSR count). The minimum atomic E-state index is -5.01. The number of pyridine rings is 1. The molecule has 3 aromatic rings. The number of hydrogen-bond acceptors (Lipinski definition) is 6. The van der Waals surface area contributed by atoms with E-state index in [1.807, 2.05) is 6.92 Å². The van der Waals surface area contributed by atoms with E-state index in [1.54, 1.807) is 24.3 Å². The standard InChI is InChI=1S/C26H29F3N4O3/c1-18-23(5-3-15-35-22-10-13-30-14-11-22)32-24(36-18)20-6-8-21(9-7-20)33(25(34)26(27,28)29)17-19-4-2-12-31-16-19/h2,4,6-9,12,16,22,30H,3,5,10-11,13-15,17H2,1H3. The van der Waals surface area contributed by atoms with Crippen LogP contribution in [0.1, 0.15) is 36.3 Å². The van der Waals surface area contributed by atoms with Crippen molar-refractivity contribution in [1.82, 2.24) is 15.3 Å². The maximum Gasteiger partial charge on any atom is 0.471 e. The highest BCUT2D eigenvalue weighted by Gasteiger charge is 2.43. The fraction of sp³-hybridized carbons (Fsp3) is 0.423. The number of aromatic nitrogens is 2. The van der Waals surface area contributed by atoms with Gasteiger partial charge in [0.05, 0.1) is 18.3 Å². The first kappa shape index (κ1) is 25.8. The van der Waals surface area contributed by atoms with E-state index in [2.05, 4.69) is 15.3 Å². The second-order valence-electron chi connectivity index (χ2n) is 8.74. The van der Waals surface area contributed by atoms with Gasteiger partial charge in [-0.05, 0) is 81.6 Å². The Balaban J connectivity index is 1.42. The van der Waals surface area contributed by atoms with E-state index in [0.29, 0.717) is 46.8 Å². The number of piperidine rings is 1. The molecule has 0 unspecified atom stereocenters. The summed E-state index contributed by atoms with van der Waals surface area (Å²) in [4.78, 5) is 21.3. The van der Waals surface area contributed by atoms with Crippen molar-refractivity contribution in [2.45, 2.75) is 51.4 Å². The Labute approximate surface area is 207 Å². The first-order valence-electron chi connectivity index (χ1n) is 12.0. The molecule has 0 aliphatic carbocycles. The van der Waals surface area contributed by atoms with Gasteiger partial charge in [-0.3, -0.25) is 9.78 Å². The van der Waals surface area contributed by atoms with Crippen LogP contribution < -0.4 is 10.2 Å². The van der Waals surface area contributed by atoms with Crippen LogP contribution in [0.15, 0.2) is 53.2 Å². The Bertz CT molecular complexity index is 1130. The number of halogens is 3. The number of carbonyl (C=O) groups excluding carboxylic acids is 1. The minimum absolute atomic E-state index is 0.114. The van der Waals surface area contributed by atoms with E-state index < -0.39 is 12.1 Å². The smallest absolute Gasteiger partial charge is 0.441 e. The summed E-state index contributed by atoms with van der Waals surface area (Å²) in [6, 6.07) is 9.35. The van der Waals surface area contributed by atoms with Gasteiger partial charge in [0, 0.05) is 30.3 Å². The summed E-state index contributed by atoms with van der Waals surface area (Å²) in [5, 5.41) is 3.31. The molecule has 0 spiro atoms. The van der Waals surface area contributed by atoms with Crippen molar-refractivity contribution in [2.75, 3.05) is 24.6 Å². The summed E-state index contributed by atoms with van der Waals surface area (Å²) in [6.07, 6.45) is 1.82. The van der Waals surface area contributed by atoms with E-state index in [9.17, 15) is 18.0 Å². The Hall–Kier alpha value is -3.24. The molecule has 192 valence electrons. The maximum atomic E-state index is 13.3. The van der Waals surface area contributed by atoms with Crippen LogP contribution in [0, 0.1) is 6.92 Å². The van der Waals surface area contributed by atoms with Crippen LogP contribution in [0.2, 0.25) is 0 Å². The number of oxazole rings is 1. The van der Waals surface area contributed by atoms with E-state index in [4.69, 9.17) is 9.15 Å². The largest absolute Gasteiger partial charge is 0.471 e. The number of hydrogen-bond donors (Lipinski definition) is 1. The van der Waals surface area contributed by atoms with Crippen molar-refractivity contribution in [2.24, 2.45) is 0 Å². The molecule has 2 aromatic heterocycles. The minimum Gasteiger partial charge on any atom is -0.441 e. The molecule has 1 aliphatic heterocycles. The zero-order valence-electron chi connectivity index (χ0n) is 20.1. The lowest BCUT2D eigenvalue weighted by Crippen LogP contribution is -2.40. The molecule has 1 fully saturated rings. The molecule has 7 nitrogen and oxygen atoms in total. The monoisotopic (exact) mass is 502 g/mol. The fourth-order valence-corrected chi connectivity index (χ4v) is 4.13. The second-order valence-corrected chi connectivity index (χ2v) is 8.74. The summed E-state index contributed by atoms with van der Waals surface area (Å²) >= 11 is 0. The summed E-state index contributed by atoms with van der Waals surface area (Å²) < 4.78 is 51.6. The van der Waals surface area contributed by atoms with E-state index in [1.165, 1.54) is 24.5 Å². The molecule has 0 atom stereocenters. The fourth-order valence-electron chi connectivity index (χ4n) is 4.13. The van der Waals surface area contributed by atoms with E-state index in [-0.39, 0.29) is 12.2 Å². The molecular formula is C26H29F3N4O3. The third-order valence-corrected chi connectivity index (χ3v) is 6.07. The number of nitrogens with one attached hydrogen (secondary N) is 1. The van der Waals surface area contributed by atoms with Crippen molar-refractivity contribution < 1.29 is 27.1 Å². The van der Waals surface area contributed by atoms with Crippen molar-refractivity contribution in [3.8, 4) is 11.5 Å².